The molecule has 0 aliphatic heterocycles. The van der Waals surface area contributed by atoms with Gasteiger partial charge < -0.3 is 15.7 Å². The SMILES string of the molecule is CC(C)CC(=O)Nc1ccc(C(=O)NC(C)CO)cc1F. The second-order valence-corrected chi connectivity index (χ2v) is 5.40. The third-order valence-electron chi connectivity index (χ3n) is 2.75. The molecule has 1 aromatic rings. The molecule has 0 saturated carbocycles. The Labute approximate surface area is 123 Å². The van der Waals surface area contributed by atoms with Crippen LogP contribution in [0.15, 0.2) is 18.2 Å². The summed E-state index contributed by atoms with van der Waals surface area (Å²) in [5.74, 6) is -1.24. The second-order valence-electron chi connectivity index (χ2n) is 5.40. The summed E-state index contributed by atoms with van der Waals surface area (Å²) in [6.45, 7) is 5.23. The average Bonchev–Trinajstić information content (AvgIpc) is 2.39. The number of nitrogens with one attached hydrogen (secondary N) is 2. The maximum absolute atomic E-state index is 13.9. The fourth-order valence-corrected chi connectivity index (χ4v) is 1.68. The summed E-state index contributed by atoms with van der Waals surface area (Å²) in [4.78, 5) is 23.4. The Morgan fingerprint density at radius 1 is 1.29 bits per heavy atom. The van der Waals surface area contributed by atoms with Crippen LogP contribution in [0.3, 0.4) is 0 Å². The van der Waals surface area contributed by atoms with Crippen LogP contribution in [0.4, 0.5) is 10.1 Å². The van der Waals surface area contributed by atoms with Crippen molar-refractivity contribution in [2.75, 3.05) is 11.9 Å². The van der Waals surface area contributed by atoms with E-state index in [4.69, 9.17) is 5.11 Å². The second kappa shape index (κ2) is 7.73. The van der Waals surface area contributed by atoms with E-state index in [1.54, 1.807) is 6.92 Å². The normalized spacial score (nSPS) is 12.1. The summed E-state index contributed by atoms with van der Waals surface area (Å²) in [5, 5.41) is 13.9. The molecule has 1 atom stereocenters. The molecule has 0 bridgehead atoms. The quantitative estimate of drug-likeness (QED) is 0.750. The van der Waals surface area contributed by atoms with Gasteiger partial charge in [-0.15, -0.1) is 0 Å². The van der Waals surface area contributed by atoms with Gasteiger partial charge in [0.25, 0.3) is 5.91 Å². The first-order valence-electron chi connectivity index (χ1n) is 6.84. The lowest BCUT2D eigenvalue weighted by atomic mass is 10.1. The molecule has 116 valence electrons. The van der Waals surface area contributed by atoms with Crippen molar-refractivity contribution in [3.8, 4) is 0 Å². The summed E-state index contributed by atoms with van der Waals surface area (Å²) in [6.07, 6.45) is 0.301. The van der Waals surface area contributed by atoms with Crippen LogP contribution >= 0.6 is 0 Å². The predicted octanol–water partition coefficient (Wildman–Crippen LogP) is 1.92. The Morgan fingerprint density at radius 3 is 2.48 bits per heavy atom. The number of rotatable bonds is 6. The molecular weight excluding hydrogens is 275 g/mol. The zero-order chi connectivity index (χ0) is 16.0. The maximum atomic E-state index is 13.9. The fourth-order valence-electron chi connectivity index (χ4n) is 1.68. The number of halogens is 1. The fraction of sp³-hybridized carbons (Fsp3) is 0.467. The van der Waals surface area contributed by atoms with Crippen molar-refractivity contribution in [2.45, 2.75) is 33.2 Å². The van der Waals surface area contributed by atoms with Gasteiger partial charge >= 0.3 is 0 Å². The van der Waals surface area contributed by atoms with Crippen molar-refractivity contribution in [3.05, 3.63) is 29.6 Å². The van der Waals surface area contributed by atoms with E-state index in [0.29, 0.717) is 6.42 Å². The molecule has 21 heavy (non-hydrogen) atoms. The standard InChI is InChI=1S/C15H21FN2O3/c1-9(2)6-14(20)18-13-5-4-11(7-12(13)16)15(21)17-10(3)8-19/h4-5,7,9-10,19H,6,8H2,1-3H3,(H,17,21)(H,18,20). The first-order valence-corrected chi connectivity index (χ1v) is 6.84. The minimum absolute atomic E-state index is 0.0485. The number of amides is 2. The molecule has 1 unspecified atom stereocenters. The Morgan fingerprint density at radius 2 is 1.95 bits per heavy atom. The van der Waals surface area contributed by atoms with Crippen LogP contribution in [0, 0.1) is 11.7 Å². The van der Waals surface area contributed by atoms with Crippen LogP contribution in [-0.2, 0) is 4.79 Å². The Hall–Kier alpha value is -1.95. The van der Waals surface area contributed by atoms with E-state index in [1.165, 1.54) is 12.1 Å². The molecule has 3 N–H and O–H groups in total. The van der Waals surface area contributed by atoms with Crippen molar-refractivity contribution < 1.29 is 19.1 Å². The van der Waals surface area contributed by atoms with E-state index in [2.05, 4.69) is 10.6 Å². The lowest BCUT2D eigenvalue weighted by Gasteiger charge is -2.12. The molecule has 0 spiro atoms. The van der Waals surface area contributed by atoms with Gasteiger partial charge in [-0.3, -0.25) is 9.59 Å². The van der Waals surface area contributed by atoms with Gasteiger partial charge in [0.1, 0.15) is 5.82 Å². The van der Waals surface area contributed by atoms with Crippen LogP contribution in [0.5, 0.6) is 0 Å². The van der Waals surface area contributed by atoms with Crippen LogP contribution in [0.1, 0.15) is 37.6 Å². The average molecular weight is 296 g/mol. The van der Waals surface area contributed by atoms with Crippen LogP contribution in [0.2, 0.25) is 0 Å². The van der Waals surface area contributed by atoms with Gasteiger partial charge in [-0.25, -0.2) is 4.39 Å². The summed E-state index contributed by atoms with van der Waals surface area (Å²) in [7, 11) is 0. The first-order chi connectivity index (χ1) is 9.83. The van der Waals surface area contributed by atoms with Gasteiger partial charge in [0, 0.05) is 18.0 Å². The molecular formula is C15H21FN2O3. The number of aliphatic hydroxyl groups excluding tert-OH is 1. The Balaban J connectivity index is 2.76. The first kappa shape index (κ1) is 17.1. The number of aliphatic hydroxyl groups is 1. The number of carbonyl (C=O) groups excluding carboxylic acids is 2. The lowest BCUT2D eigenvalue weighted by Crippen LogP contribution is -2.35. The highest BCUT2D eigenvalue weighted by Crippen LogP contribution is 2.17. The number of carbonyl (C=O) groups is 2. The molecule has 0 aliphatic carbocycles. The zero-order valence-electron chi connectivity index (χ0n) is 12.4. The van der Waals surface area contributed by atoms with Gasteiger partial charge in [0.15, 0.2) is 0 Å². The highest BCUT2D eigenvalue weighted by Gasteiger charge is 2.13. The van der Waals surface area contributed by atoms with E-state index in [1.807, 2.05) is 13.8 Å². The van der Waals surface area contributed by atoms with Gasteiger partial charge in [-0.05, 0) is 31.0 Å². The monoisotopic (exact) mass is 296 g/mol. The number of hydrogen-bond donors (Lipinski definition) is 3. The van der Waals surface area contributed by atoms with E-state index in [-0.39, 0.29) is 29.7 Å². The molecule has 1 rings (SSSR count). The van der Waals surface area contributed by atoms with Gasteiger partial charge in [0.2, 0.25) is 5.91 Å². The summed E-state index contributed by atoms with van der Waals surface area (Å²) in [6, 6.07) is 3.43. The van der Waals surface area contributed by atoms with Crippen molar-refractivity contribution in [1.29, 1.82) is 0 Å². The van der Waals surface area contributed by atoms with Gasteiger partial charge in [0.05, 0.1) is 12.3 Å². The van der Waals surface area contributed by atoms with Crippen LogP contribution < -0.4 is 10.6 Å². The highest BCUT2D eigenvalue weighted by molar-refractivity contribution is 5.96. The van der Waals surface area contributed by atoms with Crippen LogP contribution in [0.25, 0.3) is 0 Å². The van der Waals surface area contributed by atoms with Crippen molar-refractivity contribution in [2.24, 2.45) is 5.92 Å². The number of hydrogen-bond acceptors (Lipinski definition) is 3. The minimum Gasteiger partial charge on any atom is -0.394 e. The zero-order valence-corrected chi connectivity index (χ0v) is 12.4. The molecule has 1 aromatic carbocycles. The molecule has 2 amide bonds. The van der Waals surface area contributed by atoms with Crippen LogP contribution in [-0.4, -0.2) is 29.6 Å². The topological polar surface area (TPSA) is 78.4 Å². The molecule has 0 aromatic heterocycles. The molecule has 0 fully saturated rings. The van der Waals surface area contributed by atoms with Crippen molar-refractivity contribution >= 4 is 17.5 Å². The Bertz CT molecular complexity index is 518. The largest absolute Gasteiger partial charge is 0.394 e. The molecule has 6 heteroatoms. The third-order valence-corrected chi connectivity index (χ3v) is 2.75. The smallest absolute Gasteiger partial charge is 0.251 e. The minimum atomic E-state index is -0.670. The maximum Gasteiger partial charge on any atom is 0.251 e. The molecule has 5 nitrogen and oxygen atoms in total. The molecule has 0 aliphatic rings. The van der Waals surface area contributed by atoms with E-state index >= 15 is 0 Å². The van der Waals surface area contributed by atoms with E-state index in [9.17, 15) is 14.0 Å². The summed E-state index contributed by atoms with van der Waals surface area (Å²) in [5.41, 5.74) is 0.182. The Kier molecular flexibility index (Phi) is 6.30. The lowest BCUT2D eigenvalue weighted by molar-refractivity contribution is -0.116. The molecule has 0 radical (unpaired) electrons. The van der Waals surface area contributed by atoms with E-state index in [0.717, 1.165) is 6.07 Å². The van der Waals surface area contributed by atoms with Gasteiger partial charge in [-0.1, -0.05) is 13.8 Å². The molecule has 0 heterocycles. The third kappa shape index (κ3) is 5.51. The molecule has 0 saturated heterocycles. The van der Waals surface area contributed by atoms with Gasteiger partial charge in [-0.2, -0.15) is 0 Å². The van der Waals surface area contributed by atoms with Crippen molar-refractivity contribution in [3.63, 3.8) is 0 Å². The summed E-state index contributed by atoms with van der Waals surface area (Å²) < 4.78 is 13.9. The number of anilines is 1. The van der Waals surface area contributed by atoms with E-state index < -0.39 is 17.8 Å². The predicted molar refractivity (Wildman–Crippen MR) is 78.5 cm³/mol. The highest BCUT2D eigenvalue weighted by atomic mass is 19.1. The number of benzene rings is 1. The summed E-state index contributed by atoms with van der Waals surface area (Å²) >= 11 is 0. The van der Waals surface area contributed by atoms with Crippen molar-refractivity contribution in [1.82, 2.24) is 5.32 Å².